The average molecular weight is 314 g/mol. The summed E-state index contributed by atoms with van der Waals surface area (Å²) in [6, 6.07) is 16.3. The minimum absolute atomic E-state index is 0.460. The number of nitrogens with two attached hydrogens (primary N) is 1. The highest BCUT2D eigenvalue weighted by molar-refractivity contribution is 8.23. The third-order valence-electron chi connectivity index (χ3n) is 3.10. The molecule has 0 aliphatic heterocycles. The summed E-state index contributed by atoms with van der Waals surface area (Å²) >= 11 is 6.74. The van der Waals surface area contributed by atoms with Gasteiger partial charge in [-0.1, -0.05) is 72.9 Å². The monoisotopic (exact) mass is 314 g/mol. The zero-order valence-corrected chi connectivity index (χ0v) is 13.8. The second-order valence-corrected chi connectivity index (χ2v) is 6.44. The summed E-state index contributed by atoms with van der Waals surface area (Å²) in [5.41, 5.74) is 9.42. The maximum absolute atomic E-state index is 6.01. The van der Waals surface area contributed by atoms with E-state index in [4.69, 9.17) is 18.0 Å². The lowest BCUT2D eigenvalue weighted by molar-refractivity contribution is 1.14. The minimum Gasteiger partial charge on any atom is -0.383 e. The van der Waals surface area contributed by atoms with E-state index < -0.39 is 0 Å². The standard InChI is InChI=1S/C17H18N2S2/c1-3-13-6-8-14(9-7-13)16(18)19-17(20)21-15-10-4-12(2)5-11-15/h4-11H,3H2,1-2H3,(H2,18,19,20). The van der Waals surface area contributed by atoms with Crippen LogP contribution in [0.5, 0.6) is 0 Å². The van der Waals surface area contributed by atoms with Crippen molar-refractivity contribution < 1.29 is 0 Å². The highest BCUT2D eigenvalue weighted by Crippen LogP contribution is 2.21. The summed E-state index contributed by atoms with van der Waals surface area (Å²) in [7, 11) is 0. The van der Waals surface area contributed by atoms with Gasteiger partial charge in [0.25, 0.3) is 0 Å². The van der Waals surface area contributed by atoms with Gasteiger partial charge >= 0.3 is 0 Å². The first-order valence-corrected chi connectivity index (χ1v) is 8.03. The second kappa shape index (κ2) is 7.38. The Morgan fingerprint density at radius 3 is 2.29 bits per heavy atom. The molecule has 0 aliphatic carbocycles. The SMILES string of the molecule is CCc1ccc(/C(N)=N/C(=S)Sc2ccc(C)cc2)cc1. The molecule has 21 heavy (non-hydrogen) atoms. The molecule has 0 saturated carbocycles. The smallest absolute Gasteiger partial charge is 0.166 e. The van der Waals surface area contributed by atoms with Crippen LogP contribution in [0.1, 0.15) is 23.6 Å². The summed E-state index contributed by atoms with van der Waals surface area (Å²) in [6.45, 7) is 4.18. The van der Waals surface area contributed by atoms with Crippen molar-refractivity contribution in [3.05, 3.63) is 65.2 Å². The molecule has 0 unspecified atom stereocenters. The van der Waals surface area contributed by atoms with Crippen LogP contribution in [0.25, 0.3) is 0 Å². The average Bonchev–Trinajstić information content (AvgIpc) is 2.49. The lowest BCUT2D eigenvalue weighted by Gasteiger charge is -2.04. The first-order chi connectivity index (χ1) is 10.1. The maximum atomic E-state index is 6.01. The molecule has 2 aromatic rings. The van der Waals surface area contributed by atoms with E-state index in [-0.39, 0.29) is 0 Å². The number of rotatable bonds is 3. The number of nitrogens with zero attached hydrogens (tertiary/aromatic N) is 1. The summed E-state index contributed by atoms with van der Waals surface area (Å²) in [5, 5.41) is 0. The molecule has 0 spiro atoms. The molecule has 2 rings (SSSR count). The Morgan fingerprint density at radius 1 is 1.10 bits per heavy atom. The van der Waals surface area contributed by atoms with E-state index in [0.29, 0.717) is 10.2 Å². The Balaban J connectivity index is 2.06. The fourth-order valence-electron chi connectivity index (χ4n) is 1.80. The summed E-state index contributed by atoms with van der Waals surface area (Å²) in [5.74, 6) is 0.460. The van der Waals surface area contributed by atoms with Crippen LogP contribution >= 0.6 is 24.0 Å². The molecule has 2 nitrogen and oxygen atoms in total. The van der Waals surface area contributed by atoms with Crippen LogP contribution in [0, 0.1) is 6.92 Å². The predicted molar refractivity (Wildman–Crippen MR) is 96.2 cm³/mol. The number of thiocarbonyl (C=S) groups is 1. The van der Waals surface area contributed by atoms with Gasteiger partial charge in [0, 0.05) is 10.5 Å². The van der Waals surface area contributed by atoms with Gasteiger partial charge in [0.1, 0.15) is 5.84 Å². The molecule has 0 atom stereocenters. The van der Waals surface area contributed by atoms with Crippen LogP contribution in [0.15, 0.2) is 58.4 Å². The van der Waals surface area contributed by atoms with Crippen LogP contribution in [0.4, 0.5) is 0 Å². The van der Waals surface area contributed by atoms with Gasteiger partial charge in [-0.05, 0) is 31.0 Å². The van der Waals surface area contributed by atoms with Gasteiger partial charge in [-0.3, -0.25) is 0 Å². The predicted octanol–water partition coefficient (Wildman–Crippen LogP) is 4.34. The van der Waals surface area contributed by atoms with Crippen LogP contribution < -0.4 is 5.73 Å². The first kappa shape index (κ1) is 15.7. The quantitative estimate of drug-likeness (QED) is 0.396. The van der Waals surface area contributed by atoms with E-state index in [1.54, 1.807) is 0 Å². The number of benzene rings is 2. The lowest BCUT2D eigenvalue weighted by Crippen LogP contribution is -2.14. The van der Waals surface area contributed by atoms with Gasteiger partial charge in [-0.2, -0.15) is 0 Å². The van der Waals surface area contributed by atoms with Crippen LogP contribution in [-0.2, 0) is 6.42 Å². The molecule has 0 saturated heterocycles. The molecule has 0 bridgehead atoms. The molecule has 108 valence electrons. The lowest BCUT2D eigenvalue weighted by atomic mass is 10.1. The maximum Gasteiger partial charge on any atom is 0.166 e. The number of aliphatic imine (C=N–C) groups is 1. The molecule has 0 fully saturated rings. The van der Waals surface area contributed by atoms with Crippen molar-refractivity contribution in [2.45, 2.75) is 25.2 Å². The largest absolute Gasteiger partial charge is 0.383 e. The van der Waals surface area contributed by atoms with Crippen molar-refractivity contribution in [3.63, 3.8) is 0 Å². The van der Waals surface area contributed by atoms with E-state index in [2.05, 4.69) is 43.1 Å². The van der Waals surface area contributed by atoms with E-state index in [9.17, 15) is 0 Å². The van der Waals surface area contributed by atoms with Crippen molar-refractivity contribution in [2.24, 2.45) is 10.7 Å². The van der Waals surface area contributed by atoms with Gasteiger partial charge in [0.2, 0.25) is 0 Å². The van der Waals surface area contributed by atoms with E-state index in [1.807, 2.05) is 24.3 Å². The molecular weight excluding hydrogens is 296 g/mol. The number of hydrogen-bond donors (Lipinski definition) is 1. The Morgan fingerprint density at radius 2 is 1.71 bits per heavy atom. The van der Waals surface area contributed by atoms with Gasteiger partial charge in [0.05, 0.1) is 0 Å². The molecule has 0 aromatic heterocycles. The van der Waals surface area contributed by atoms with Crippen molar-refractivity contribution in [3.8, 4) is 0 Å². The summed E-state index contributed by atoms with van der Waals surface area (Å²) < 4.78 is 0.524. The second-order valence-electron chi connectivity index (χ2n) is 4.73. The number of aryl methyl sites for hydroxylation is 2. The highest BCUT2D eigenvalue weighted by Gasteiger charge is 2.03. The van der Waals surface area contributed by atoms with Crippen molar-refractivity contribution >= 4 is 34.1 Å². The van der Waals surface area contributed by atoms with Gasteiger partial charge in [-0.15, -0.1) is 0 Å². The van der Waals surface area contributed by atoms with E-state index in [1.165, 1.54) is 22.9 Å². The summed E-state index contributed by atoms with van der Waals surface area (Å²) in [4.78, 5) is 5.38. The van der Waals surface area contributed by atoms with Crippen molar-refractivity contribution in [1.82, 2.24) is 0 Å². The molecular formula is C17H18N2S2. The fourth-order valence-corrected chi connectivity index (χ4v) is 2.81. The normalized spacial score (nSPS) is 11.4. The zero-order valence-electron chi connectivity index (χ0n) is 12.2. The Bertz CT molecular complexity index is 643. The van der Waals surface area contributed by atoms with Crippen LogP contribution in [-0.4, -0.2) is 10.2 Å². The number of thioether (sulfide) groups is 1. The summed E-state index contributed by atoms with van der Waals surface area (Å²) in [6.07, 6.45) is 1.01. The van der Waals surface area contributed by atoms with Crippen LogP contribution in [0.3, 0.4) is 0 Å². The highest BCUT2D eigenvalue weighted by atomic mass is 32.2. The molecule has 4 heteroatoms. The van der Waals surface area contributed by atoms with Crippen molar-refractivity contribution in [2.75, 3.05) is 0 Å². The zero-order chi connectivity index (χ0) is 15.2. The number of hydrogen-bond acceptors (Lipinski definition) is 2. The Labute approximate surface area is 135 Å². The molecule has 0 amide bonds. The van der Waals surface area contributed by atoms with E-state index >= 15 is 0 Å². The van der Waals surface area contributed by atoms with Gasteiger partial charge in [-0.25, -0.2) is 4.99 Å². The third-order valence-corrected chi connectivity index (χ3v) is 4.21. The molecule has 0 radical (unpaired) electrons. The minimum atomic E-state index is 0.460. The molecule has 0 heterocycles. The number of amidine groups is 1. The third kappa shape index (κ3) is 4.69. The van der Waals surface area contributed by atoms with Gasteiger partial charge < -0.3 is 5.73 Å². The fraction of sp³-hybridized carbons (Fsp3) is 0.176. The van der Waals surface area contributed by atoms with Crippen LogP contribution in [0.2, 0.25) is 0 Å². The van der Waals surface area contributed by atoms with Gasteiger partial charge in [0.15, 0.2) is 4.32 Å². The molecule has 2 N–H and O–H groups in total. The molecule has 2 aromatic carbocycles. The van der Waals surface area contributed by atoms with Crippen molar-refractivity contribution in [1.29, 1.82) is 0 Å². The Hall–Kier alpha value is -1.65. The molecule has 0 aliphatic rings. The topological polar surface area (TPSA) is 38.4 Å². The Kier molecular flexibility index (Phi) is 5.53. The first-order valence-electron chi connectivity index (χ1n) is 6.80. The van der Waals surface area contributed by atoms with E-state index in [0.717, 1.165) is 16.9 Å².